The third kappa shape index (κ3) is 4.00. The topological polar surface area (TPSA) is 107 Å². The molecule has 0 aliphatic carbocycles. The Balaban J connectivity index is 2.00. The maximum Gasteiger partial charge on any atom is 0.275 e. The molecule has 1 heterocycles. The minimum absolute atomic E-state index is 0.0562. The number of halogens is 1. The van der Waals surface area contributed by atoms with Crippen LogP contribution >= 0.6 is 11.6 Å². The normalized spacial score (nSPS) is 10.9. The monoisotopic (exact) mass is 412 g/mol. The van der Waals surface area contributed by atoms with Gasteiger partial charge in [-0.1, -0.05) is 49.7 Å². The van der Waals surface area contributed by atoms with Crippen LogP contribution in [0.2, 0.25) is 5.02 Å². The summed E-state index contributed by atoms with van der Waals surface area (Å²) in [6.07, 6.45) is 1.35. The standard InChI is InChI=1S/C21H21ClN4O3/c1-3-12-9-10-16(22)13(4-2)18(12)24-17(27)11-26-21(29)15-8-6-5-7-14(15)19(25-26)20(23)28/h5-10H,3-4,11H2,1-2H3,(H2,23,28)(H,24,27). The second-order valence-corrected chi connectivity index (χ2v) is 6.94. The second kappa shape index (κ2) is 8.45. The molecule has 1 aromatic heterocycles. The molecule has 7 nitrogen and oxygen atoms in total. The van der Waals surface area contributed by atoms with Crippen LogP contribution < -0.4 is 16.6 Å². The summed E-state index contributed by atoms with van der Waals surface area (Å²) in [5.74, 6) is -1.22. The van der Waals surface area contributed by atoms with E-state index in [0.29, 0.717) is 28.9 Å². The van der Waals surface area contributed by atoms with Crippen molar-refractivity contribution in [2.75, 3.05) is 5.32 Å². The van der Waals surface area contributed by atoms with Gasteiger partial charge in [0.2, 0.25) is 5.91 Å². The zero-order valence-electron chi connectivity index (χ0n) is 16.2. The number of aryl methyl sites for hydroxylation is 1. The van der Waals surface area contributed by atoms with Gasteiger partial charge in [0.25, 0.3) is 11.5 Å². The molecule has 0 spiro atoms. The summed E-state index contributed by atoms with van der Waals surface area (Å²) < 4.78 is 0.958. The van der Waals surface area contributed by atoms with E-state index in [1.807, 2.05) is 26.0 Å². The number of carbonyl (C=O) groups excluding carboxylic acids is 2. The summed E-state index contributed by atoms with van der Waals surface area (Å²) in [6, 6.07) is 10.2. The number of anilines is 1. The zero-order chi connectivity index (χ0) is 21.1. The number of aromatic nitrogens is 2. The average molecular weight is 413 g/mol. The number of benzene rings is 2. The van der Waals surface area contributed by atoms with E-state index in [-0.39, 0.29) is 17.6 Å². The summed E-state index contributed by atoms with van der Waals surface area (Å²) in [5, 5.41) is 8.08. The Morgan fingerprint density at radius 2 is 1.79 bits per heavy atom. The molecule has 3 aromatic rings. The molecule has 8 heteroatoms. The number of nitrogens with zero attached hydrogens (tertiary/aromatic N) is 2. The highest BCUT2D eigenvalue weighted by atomic mass is 35.5. The maximum absolute atomic E-state index is 12.7. The second-order valence-electron chi connectivity index (χ2n) is 6.54. The lowest BCUT2D eigenvalue weighted by atomic mass is 10.0. The quantitative estimate of drug-likeness (QED) is 0.649. The van der Waals surface area contributed by atoms with Gasteiger partial charge < -0.3 is 11.1 Å². The van der Waals surface area contributed by atoms with Crippen LogP contribution in [0.25, 0.3) is 10.8 Å². The Labute approximate surface area is 172 Å². The highest BCUT2D eigenvalue weighted by molar-refractivity contribution is 6.32. The molecule has 3 rings (SSSR count). The molecule has 0 bridgehead atoms. The molecular weight excluding hydrogens is 392 g/mol. The third-order valence-corrected chi connectivity index (χ3v) is 5.09. The van der Waals surface area contributed by atoms with E-state index in [0.717, 1.165) is 15.8 Å². The van der Waals surface area contributed by atoms with Crippen LogP contribution in [0.1, 0.15) is 35.5 Å². The van der Waals surface area contributed by atoms with Crippen LogP contribution in [0.5, 0.6) is 0 Å². The van der Waals surface area contributed by atoms with E-state index in [4.69, 9.17) is 17.3 Å². The molecule has 3 N–H and O–H groups in total. The van der Waals surface area contributed by atoms with Gasteiger partial charge in [-0.15, -0.1) is 0 Å². The van der Waals surface area contributed by atoms with Gasteiger partial charge >= 0.3 is 0 Å². The smallest absolute Gasteiger partial charge is 0.275 e. The van der Waals surface area contributed by atoms with Crippen molar-refractivity contribution >= 4 is 39.9 Å². The van der Waals surface area contributed by atoms with Crippen LogP contribution in [-0.4, -0.2) is 21.6 Å². The highest BCUT2D eigenvalue weighted by Crippen LogP contribution is 2.29. The van der Waals surface area contributed by atoms with Crippen LogP contribution in [-0.2, 0) is 24.2 Å². The molecule has 0 unspecified atom stereocenters. The molecule has 0 saturated carbocycles. The van der Waals surface area contributed by atoms with E-state index in [1.54, 1.807) is 24.3 Å². The fourth-order valence-electron chi connectivity index (χ4n) is 3.31. The van der Waals surface area contributed by atoms with E-state index in [1.165, 1.54) is 0 Å². The minimum atomic E-state index is -0.772. The molecule has 2 aromatic carbocycles. The molecule has 0 aliphatic rings. The van der Waals surface area contributed by atoms with Crippen molar-refractivity contribution in [1.29, 1.82) is 0 Å². The maximum atomic E-state index is 12.7. The van der Waals surface area contributed by atoms with Crippen molar-refractivity contribution in [2.24, 2.45) is 5.73 Å². The van der Waals surface area contributed by atoms with E-state index >= 15 is 0 Å². The summed E-state index contributed by atoms with van der Waals surface area (Å²) >= 11 is 6.28. The molecule has 0 saturated heterocycles. The number of nitrogens with one attached hydrogen (secondary N) is 1. The first-order valence-electron chi connectivity index (χ1n) is 9.27. The van der Waals surface area contributed by atoms with Gasteiger partial charge in [0.05, 0.1) is 5.39 Å². The van der Waals surface area contributed by atoms with Crippen LogP contribution in [0.3, 0.4) is 0 Å². The average Bonchev–Trinajstić information content (AvgIpc) is 2.70. The molecule has 0 aliphatic heterocycles. The van der Waals surface area contributed by atoms with Crippen molar-refractivity contribution in [3.8, 4) is 0 Å². The van der Waals surface area contributed by atoms with Gasteiger partial charge in [0.1, 0.15) is 6.54 Å². The van der Waals surface area contributed by atoms with Gasteiger partial charge in [-0.3, -0.25) is 14.4 Å². The highest BCUT2D eigenvalue weighted by Gasteiger charge is 2.18. The fourth-order valence-corrected chi connectivity index (χ4v) is 3.60. The van der Waals surface area contributed by atoms with Crippen LogP contribution in [0.15, 0.2) is 41.2 Å². The Hall–Kier alpha value is -3.19. The lowest BCUT2D eigenvalue weighted by Crippen LogP contribution is -2.32. The number of rotatable bonds is 6. The molecule has 0 atom stereocenters. The largest absolute Gasteiger partial charge is 0.364 e. The van der Waals surface area contributed by atoms with Gasteiger partial charge in [-0.25, -0.2) is 4.68 Å². The van der Waals surface area contributed by atoms with Gasteiger partial charge in [0.15, 0.2) is 5.69 Å². The molecule has 0 radical (unpaired) electrons. The number of amides is 2. The van der Waals surface area contributed by atoms with Gasteiger partial charge in [0, 0.05) is 16.1 Å². The Bertz CT molecular complexity index is 1170. The Morgan fingerprint density at radius 1 is 1.10 bits per heavy atom. The predicted molar refractivity (Wildman–Crippen MR) is 113 cm³/mol. The van der Waals surface area contributed by atoms with Crippen molar-refractivity contribution in [3.63, 3.8) is 0 Å². The summed E-state index contributed by atoms with van der Waals surface area (Å²) in [7, 11) is 0. The van der Waals surface area contributed by atoms with Crippen LogP contribution in [0.4, 0.5) is 5.69 Å². The number of primary amides is 1. The third-order valence-electron chi connectivity index (χ3n) is 4.74. The lowest BCUT2D eigenvalue weighted by Gasteiger charge is -2.16. The number of hydrogen-bond donors (Lipinski definition) is 2. The number of nitrogens with two attached hydrogens (primary N) is 1. The number of fused-ring (bicyclic) bond motifs is 1. The lowest BCUT2D eigenvalue weighted by molar-refractivity contribution is -0.117. The molecule has 0 fully saturated rings. The number of hydrogen-bond acceptors (Lipinski definition) is 4. The van der Waals surface area contributed by atoms with Crippen LogP contribution in [0, 0.1) is 0 Å². The van der Waals surface area contributed by atoms with E-state index in [2.05, 4.69) is 10.4 Å². The van der Waals surface area contributed by atoms with Crippen molar-refractivity contribution in [3.05, 3.63) is 68.6 Å². The van der Waals surface area contributed by atoms with Crippen molar-refractivity contribution in [2.45, 2.75) is 33.2 Å². The molecule has 29 heavy (non-hydrogen) atoms. The first-order chi connectivity index (χ1) is 13.9. The van der Waals surface area contributed by atoms with Crippen molar-refractivity contribution in [1.82, 2.24) is 9.78 Å². The van der Waals surface area contributed by atoms with E-state index in [9.17, 15) is 14.4 Å². The van der Waals surface area contributed by atoms with Crippen molar-refractivity contribution < 1.29 is 9.59 Å². The fraction of sp³-hybridized carbons (Fsp3) is 0.238. The van der Waals surface area contributed by atoms with Gasteiger partial charge in [-0.05, 0) is 36.1 Å². The molecule has 2 amide bonds. The first kappa shape index (κ1) is 20.5. The van der Waals surface area contributed by atoms with Gasteiger partial charge in [-0.2, -0.15) is 5.10 Å². The first-order valence-corrected chi connectivity index (χ1v) is 9.64. The summed E-state index contributed by atoms with van der Waals surface area (Å²) in [4.78, 5) is 37.3. The van der Waals surface area contributed by atoms with E-state index < -0.39 is 17.4 Å². The predicted octanol–water partition coefficient (Wildman–Crippen LogP) is 2.91. The minimum Gasteiger partial charge on any atom is -0.364 e. The zero-order valence-corrected chi connectivity index (χ0v) is 16.9. The molecule has 150 valence electrons. The Morgan fingerprint density at radius 3 is 2.41 bits per heavy atom. The number of carbonyl (C=O) groups is 2. The summed E-state index contributed by atoms with van der Waals surface area (Å²) in [6.45, 7) is 3.57. The summed E-state index contributed by atoms with van der Waals surface area (Å²) in [5.41, 5.74) is 7.30. The molecular formula is C21H21ClN4O3. The Kier molecular flexibility index (Phi) is 5.98. The SMILES string of the molecule is CCc1ccc(Cl)c(CC)c1NC(=O)Cn1nc(C(N)=O)c2ccccc2c1=O.